The highest BCUT2D eigenvalue weighted by atomic mass is 32.1. The highest BCUT2D eigenvalue weighted by Crippen LogP contribution is 2.16. The van der Waals surface area contributed by atoms with Crippen molar-refractivity contribution in [1.82, 2.24) is 5.32 Å². The van der Waals surface area contributed by atoms with E-state index in [9.17, 15) is 9.90 Å². The Morgan fingerprint density at radius 2 is 2.44 bits per heavy atom. The zero-order valence-corrected chi connectivity index (χ0v) is 10.5. The number of ether oxygens (including phenoxy) is 1. The van der Waals surface area contributed by atoms with Gasteiger partial charge >= 0.3 is 5.97 Å². The van der Waals surface area contributed by atoms with Crippen molar-refractivity contribution in [3.05, 3.63) is 22.4 Å². The maximum atomic E-state index is 11.2. The Kier molecular flexibility index (Phi) is 4.46. The van der Waals surface area contributed by atoms with E-state index in [0.29, 0.717) is 0 Å². The quantitative estimate of drug-likeness (QED) is 0.766. The molecule has 0 spiro atoms. The zero-order chi connectivity index (χ0) is 12.2. The summed E-state index contributed by atoms with van der Waals surface area (Å²) >= 11 is 1.62. The van der Waals surface area contributed by atoms with Gasteiger partial charge in [-0.1, -0.05) is 0 Å². The molecule has 5 heteroatoms. The smallest absolute Gasteiger partial charge is 0.338 e. The van der Waals surface area contributed by atoms with Crippen LogP contribution in [0, 0.1) is 0 Å². The van der Waals surface area contributed by atoms with E-state index in [1.807, 2.05) is 23.8 Å². The lowest BCUT2D eigenvalue weighted by molar-refractivity contribution is -0.160. The van der Waals surface area contributed by atoms with Gasteiger partial charge in [0.1, 0.15) is 0 Å². The summed E-state index contributed by atoms with van der Waals surface area (Å²) in [6, 6.07) is 2.11. The number of esters is 1. The fourth-order valence-corrected chi connectivity index (χ4v) is 2.04. The van der Waals surface area contributed by atoms with Gasteiger partial charge in [0.25, 0.3) is 0 Å². The second kappa shape index (κ2) is 5.43. The van der Waals surface area contributed by atoms with Crippen molar-refractivity contribution in [1.29, 1.82) is 0 Å². The lowest BCUT2D eigenvalue weighted by atomic mass is 10.1. The standard InChI is InChI=1S/C11H17NO3S/c1-8(9-4-5-16-6-9)12-7-11(2,14)10(13)15-3/h4-6,8,12,14H,7H2,1-3H3. The summed E-state index contributed by atoms with van der Waals surface area (Å²) in [5.74, 6) is -0.627. The predicted molar refractivity (Wildman–Crippen MR) is 63.4 cm³/mol. The Hall–Kier alpha value is -0.910. The van der Waals surface area contributed by atoms with Crippen molar-refractivity contribution in [3.63, 3.8) is 0 Å². The lowest BCUT2D eigenvalue weighted by Crippen LogP contribution is -2.46. The van der Waals surface area contributed by atoms with E-state index in [-0.39, 0.29) is 12.6 Å². The largest absolute Gasteiger partial charge is 0.467 e. The molecule has 1 aromatic heterocycles. The summed E-state index contributed by atoms with van der Waals surface area (Å²) < 4.78 is 4.51. The Bertz CT molecular complexity index is 335. The topological polar surface area (TPSA) is 58.6 Å². The molecule has 0 saturated carbocycles. The molecule has 1 aromatic rings. The number of thiophene rings is 1. The van der Waals surface area contributed by atoms with Gasteiger partial charge in [0.15, 0.2) is 5.60 Å². The minimum absolute atomic E-state index is 0.0994. The van der Waals surface area contributed by atoms with Gasteiger partial charge < -0.3 is 15.2 Å². The molecule has 90 valence electrons. The average molecular weight is 243 g/mol. The molecule has 1 heterocycles. The molecule has 0 aliphatic carbocycles. The normalized spacial score (nSPS) is 16.5. The van der Waals surface area contributed by atoms with Crippen LogP contribution in [0.3, 0.4) is 0 Å². The van der Waals surface area contributed by atoms with Gasteiger partial charge in [-0.15, -0.1) is 0 Å². The number of aliphatic hydroxyl groups is 1. The number of carbonyl (C=O) groups excluding carboxylic acids is 1. The molecule has 0 aliphatic rings. The van der Waals surface area contributed by atoms with E-state index in [1.165, 1.54) is 14.0 Å². The monoisotopic (exact) mass is 243 g/mol. The van der Waals surface area contributed by atoms with Gasteiger partial charge in [-0.25, -0.2) is 4.79 Å². The minimum atomic E-state index is -1.49. The summed E-state index contributed by atoms with van der Waals surface area (Å²) in [5.41, 5.74) is -0.343. The molecule has 2 N–H and O–H groups in total. The molecule has 0 amide bonds. The highest BCUT2D eigenvalue weighted by molar-refractivity contribution is 7.07. The Balaban J connectivity index is 2.48. The van der Waals surface area contributed by atoms with Crippen molar-refractivity contribution in [2.75, 3.05) is 13.7 Å². The molecule has 2 atom stereocenters. The molecule has 4 nitrogen and oxygen atoms in total. The van der Waals surface area contributed by atoms with Crippen LogP contribution in [0.1, 0.15) is 25.5 Å². The van der Waals surface area contributed by atoms with Crippen molar-refractivity contribution in [3.8, 4) is 0 Å². The van der Waals surface area contributed by atoms with Gasteiger partial charge in [-0.2, -0.15) is 11.3 Å². The number of hydrogen-bond donors (Lipinski definition) is 2. The number of methoxy groups -OCH3 is 1. The molecule has 0 saturated heterocycles. The number of hydrogen-bond acceptors (Lipinski definition) is 5. The fraction of sp³-hybridized carbons (Fsp3) is 0.545. The van der Waals surface area contributed by atoms with E-state index in [2.05, 4.69) is 10.1 Å². The van der Waals surface area contributed by atoms with Crippen molar-refractivity contribution in [2.45, 2.75) is 25.5 Å². The summed E-state index contributed by atoms with van der Waals surface area (Å²) in [7, 11) is 1.26. The van der Waals surface area contributed by atoms with Crippen molar-refractivity contribution in [2.24, 2.45) is 0 Å². The first-order valence-electron chi connectivity index (χ1n) is 5.03. The second-order valence-electron chi connectivity index (χ2n) is 3.92. The van der Waals surface area contributed by atoms with Gasteiger partial charge in [0.05, 0.1) is 7.11 Å². The number of nitrogens with one attached hydrogen (secondary N) is 1. The van der Waals surface area contributed by atoms with Crippen LogP contribution in [0.25, 0.3) is 0 Å². The third-order valence-corrected chi connectivity index (χ3v) is 3.12. The van der Waals surface area contributed by atoms with Gasteiger partial charge in [0, 0.05) is 12.6 Å². The summed E-state index contributed by atoms with van der Waals surface area (Å²) in [5, 5.41) is 16.9. The summed E-state index contributed by atoms with van der Waals surface area (Å²) in [6.45, 7) is 3.58. The molecule has 16 heavy (non-hydrogen) atoms. The van der Waals surface area contributed by atoms with Gasteiger partial charge in [0.2, 0.25) is 0 Å². The number of rotatable bonds is 5. The van der Waals surface area contributed by atoms with Gasteiger partial charge in [-0.3, -0.25) is 0 Å². The fourth-order valence-electron chi connectivity index (χ4n) is 1.28. The average Bonchev–Trinajstić information content (AvgIpc) is 2.78. The Morgan fingerprint density at radius 3 is 2.94 bits per heavy atom. The van der Waals surface area contributed by atoms with Crippen LogP contribution >= 0.6 is 11.3 Å². The minimum Gasteiger partial charge on any atom is -0.467 e. The van der Waals surface area contributed by atoms with Crippen molar-refractivity contribution >= 4 is 17.3 Å². The first-order chi connectivity index (χ1) is 7.47. The van der Waals surface area contributed by atoms with E-state index < -0.39 is 11.6 Å². The molecule has 2 unspecified atom stereocenters. The van der Waals surface area contributed by atoms with E-state index in [1.54, 1.807) is 11.3 Å². The molecular weight excluding hydrogens is 226 g/mol. The second-order valence-corrected chi connectivity index (χ2v) is 4.70. The summed E-state index contributed by atoms with van der Waals surface area (Å²) in [6.07, 6.45) is 0. The van der Waals surface area contributed by atoms with Crippen LogP contribution in [0.15, 0.2) is 16.8 Å². The van der Waals surface area contributed by atoms with Crippen LogP contribution in [0.4, 0.5) is 0 Å². The Morgan fingerprint density at radius 1 is 1.75 bits per heavy atom. The third kappa shape index (κ3) is 3.30. The molecule has 0 aliphatic heterocycles. The van der Waals surface area contributed by atoms with Crippen molar-refractivity contribution < 1.29 is 14.6 Å². The first kappa shape index (κ1) is 13.2. The van der Waals surface area contributed by atoms with Gasteiger partial charge in [-0.05, 0) is 36.2 Å². The predicted octanol–water partition coefficient (Wildman–Crippen LogP) is 1.32. The molecule has 0 radical (unpaired) electrons. The highest BCUT2D eigenvalue weighted by Gasteiger charge is 2.31. The van der Waals surface area contributed by atoms with Crippen LogP contribution in [0.5, 0.6) is 0 Å². The SMILES string of the molecule is COC(=O)C(C)(O)CNC(C)c1ccsc1. The van der Waals surface area contributed by atoms with E-state index >= 15 is 0 Å². The molecule has 0 bridgehead atoms. The molecule has 0 fully saturated rings. The third-order valence-electron chi connectivity index (χ3n) is 2.42. The van der Waals surface area contributed by atoms with E-state index in [0.717, 1.165) is 5.56 Å². The zero-order valence-electron chi connectivity index (χ0n) is 9.69. The van der Waals surface area contributed by atoms with Crippen LogP contribution < -0.4 is 5.32 Å². The van der Waals surface area contributed by atoms with Crippen LogP contribution in [-0.4, -0.2) is 30.3 Å². The Labute approximate surface area is 99.2 Å². The van der Waals surface area contributed by atoms with Crippen LogP contribution in [-0.2, 0) is 9.53 Å². The molecule has 1 rings (SSSR count). The maximum absolute atomic E-state index is 11.2. The summed E-state index contributed by atoms with van der Waals surface area (Å²) in [4.78, 5) is 11.2. The molecular formula is C11H17NO3S. The van der Waals surface area contributed by atoms with Crippen LogP contribution in [0.2, 0.25) is 0 Å². The maximum Gasteiger partial charge on any atom is 0.338 e. The first-order valence-corrected chi connectivity index (χ1v) is 5.98. The lowest BCUT2D eigenvalue weighted by Gasteiger charge is -2.23. The molecule has 0 aromatic carbocycles. The number of carbonyl (C=O) groups is 1. The van der Waals surface area contributed by atoms with E-state index in [4.69, 9.17) is 0 Å².